The van der Waals surface area contributed by atoms with Gasteiger partial charge in [-0.2, -0.15) is 15.8 Å². The molecule has 5 nitrogen and oxygen atoms in total. The molecule has 0 bridgehead atoms. The number of para-hydroxylation sites is 2. The van der Waals surface area contributed by atoms with Gasteiger partial charge in [-0.1, -0.05) is 84.9 Å². The molecular weight excluding hydrogens is 611 g/mol. The Morgan fingerprint density at radius 2 is 0.940 bits per heavy atom. The first-order valence-electron chi connectivity index (χ1n) is 16.3. The molecule has 50 heavy (non-hydrogen) atoms. The molecule has 0 saturated carbocycles. The lowest BCUT2D eigenvalue weighted by Gasteiger charge is -2.18. The number of rotatable bonds is 4. The van der Waals surface area contributed by atoms with Crippen LogP contribution < -0.4 is 0 Å². The minimum absolute atomic E-state index is 0.552. The summed E-state index contributed by atoms with van der Waals surface area (Å²) in [6.45, 7) is 0. The quantitative estimate of drug-likeness (QED) is 0.193. The number of benzene rings is 7. The van der Waals surface area contributed by atoms with Gasteiger partial charge < -0.3 is 9.13 Å². The third-order valence-corrected chi connectivity index (χ3v) is 9.60. The zero-order valence-corrected chi connectivity index (χ0v) is 26.7. The fourth-order valence-corrected chi connectivity index (χ4v) is 7.42. The average Bonchev–Trinajstić information content (AvgIpc) is 3.69. The molecule has 0 saturated heterocycles. The summed E-state index contributed by atoms with van der Waals surface area (Å²) in [5.74, 6) is 0. The largest absolute Gasteiger partial charge is 0.309 e. The van der Waals surface area contributed by atoms with Crippen LogP contribution in [-0.2, 0) is 0 Å². The smallest absolute Gasteiger partial charge is 0.0992 e. The van der Waals surface area contributed by atoms with Crippen LogP contribution in [0.3, 0.4) is 0 Å². The van der Waals surface area contributed by atoms with Crippen LogP contribution in [0.25, 0.3) is 77.2 Å². The van der Waals surface area contributed by atoms with Gasteiger partial charge in [-0.15, -0.1) is 0 Å². The second kappa shape index (κ2) is 11.4. The maximum Gasteiger partial charge on any atom is 0.0992 e. The normalized spacial score (nSPS) is 11.1. The highest BCUT2D eigenvalue weighted by molar-refractivity contribution is 6.11. The van der Waals surface area contributed by atoms with E-state index in [2.05, 4.69) is 94.1 Å². The Balaban J connectivity index is 1.28. The average molecular weight is 636 g/mol. The predicted molar refractivity (Wildman–Crippen MR) is 200 cm³/mol. The van der Waals surface area contributed by atoms with Crippen molar-refractivity contribution < 1.29 is 0 Å². The number of hydrogen-bond donors (Lipinski definition) is 0. The third-order valence-electron chi connectivity index (χ3n) is 9.60. The molecular formula is C45H25N5. The van der Waals surface area contributed by atoms with Crippen molar-refractivity contribution in [2.24, 2.45) is 0 Å². The van der Waals surface area contributed by atoms with Gasteiger partial charge in [-0.3, -0.25) is 0 Å². The van der Waals surface area contributed by atoms with Crippen molar-refractivity contribution in [1.82, 2.24) is 9.13 Å². The molecule has 9 rings (SSSR count). The lowest BCUT2D eigenvalue weighted by Crippen LogP contribution is -2.00. The lowest BCUT2D eigenvalue weighted by atomic mass is 9.92. The van der Waals surface area contributed by atoms with Gasteiger partial charge in [0.1, 0.15) is 0 Å². The fourth-order valence-electron chi connectivity index (χ4n) is 7.42. The monoisotopic (exact) mass is 635 g/mol. The van der Waals surface area contributed by atoms with Gasteiger partial charge in [-0.05, 0) is 83.4 Å². The summed E-state index contributed by atoms with van der Waals surface area (Å²) < 4.78 is 4.44. The van der Waals surface area contributed by atoms with E-state index in [4.69, 9.17) is 0 Å². The molecule has 0 aliphatic carbocycles. The molecule has 0 fully saturated rings. The van der Waals surface area contributed by atoms with E-state index in [0.717, 1.165) is 77.2 Å². The maximum atomic E-state index is 10.0. The number of nitriles is 3. The first-order valence-corrected chi connectivity index (χ1v) is 16.3. The van der Waals surface area contributed by atoms with E-state index in [1.807, 2.05) is 84.9 Å². The second-order valence-corrected chi connectivity index (χ2v) is 12.3. The Labute approximate surface area is 287 Å². The van der Waals surface area contributed by atoms with Crippen molar-refractivity contribution in [3.05, 3.63) is 168 Å². The first kappa shape index (κ1) is 28.8. The summed E-state index contributed by atoms with van der Waals surface area (Å²) in [7, 11) is 0. The van der Waals surface area contributed by atoms with Crippen molar-refractivity contribution in [1.29, 1.82) is 15.8 Å². The molecule has 0 N–H and O–H groups in total. The van der Waals surface area contributed by atoms with Gasteiger partial charge >= 0.3 is 0 Å². The fraction of sp³-hybridized carbons (Fsp3) is 0. The molecule has 0 amide bonds. The number of hydrogen-bond acceptors (Lipinski definition) is 3. The second-order valence-electron chi connectivity index (χ2n) is 12.3. The van der Waals surface area contributed by atoms with E-state index in [-0.39, 0.29) is 0 Å². The van der Waals surface area contributed by atoms with Gasteiger partial charge in [0.15, 0.2) is 0 Å². The molecule has 0 aliphatic heterocycles. The molecule has 5 heteroatoms. The van der Waals surface area contributed by atoms with E-state index >= 15 is 0 Å². The highest BCUT2D eigenvalue weighted by atomic mass is 15.0. The molecule has 0 radical (unpaired) electrons. The van der Waals surface area contributed by atoms with E-state index < -0.39 is 0 Å². The van der Waals surface area contributed by atoms with Crippen molar-refractivity contribution in [3.8, 4) is 51.8 Å². The van der Waals surface area contributed by atoms with Crippen LogP contribution in [0.5, 0.6) is 0 Å². The molecule has 7 aromatic carbocycles. The minimum atomic E-state index is 0.552. The van der Waals surface area contributed by atoms with Crippen LogP contribution in [0.2, 0.25) is 0 Å². The van der Waals surface area contributed by atoms with Crippen LogP contribution in [0.4, 0.5) is 0 Å². The Kier molecular flexibility index (Phi) is 6.56. The van der Waals surface area contributed by atoms with E-state index in [1.165, 1.54) is 0 Å². The molecule has 2 heterocycles. The Bertz CT molecular complexity index is 2970. The summed E-state index contributed by atoms with van der Waals surface area (Å²) in [6.07, 6.45) is 0. The van der Waals surface area contributed by atoms with Crippen LogP contribution in [0, 0.1) is 34.0 Å². The van der Waals surface area contributed by atoms with Gasteiger partial charge in [-0.25, -0.2) is 0 Å². The zero-order chi connectivity index (χ0) is 33.8. The van der Waals surface area contributed by atoms with E-state index in [9.17, 15) is 15.8 Å². The topological polar surface area (TPSA) is 81.2 Å². The molecule has 9 aromatic rings. The van der Waals surface area contributed by atoms with E-state index in [0.29, 0.717) is 16.7 Å². The highest BCUT2D eigenvalue weighted by Gasteiger charge is 2.19. The van der Waals surface area contributed by atoms with Crippen LogP contribution in [0.1, 0.15) is 16.7 Å². The summed E-state index contributed by atoms with van der Waals surface area (Å²) in [5.41, 5.74) is 11.7. The van der Waals surface area contributed by atoms with Gasteiger partial charge in [0.05, 0.1) is 62.7 Å². The zero-order valence-electron chi connectivity index (χ0n) is 26.7. The van der Waals surface area contributed by atoms with Crippen molar-refractivity contribution in [2.45, 2.75) is 0 Å². The van der Waals surface area contributed by atoms with Crippen LogP contribution in [0.15, 0.2) is 152 Å². The molecule has 0 aliphatic rings. The number of aromatic nitrogens is 2. The van der Waals surface area contributed by atoms with Crippen molar-refractivity contribution >= 4 is 43.6 Å². The lowest BCUT2D eigenvalue weighted by molar-refractivity contribution is 1.18. The van der Waals surface area contributed by atoms with E-state index in [1.54, 1.807) is 0 Å². The first-order chi connectivity index (χ1) is 24.7. The summed E-state index contributed by atoms with van der Waals surface area (Å²) in [5, 5.41) is 33.8. The predicted octanol–water partition coefficient (Wildman–Crippen LogP) is 10.8. The van der Waals surface area contributed by atoms with Gasteiger partial charge in [0.2, 0.25) is 0 Å². The Hall–Kier alpha value is -7.39. The summed E-state index contributed by atoms with van der Waals surface area (Å²) in [4.78, 5) is 0. The standard InChI is InChI=1S/C45H25N5/c46-26-29-18-21-43-40(22-29)37-13-4-5-14-41(37)49(43)33-9-7-8-32(25-33)34-10-1-2-11-35(34)38-19-16-30(27-47)23-44(38)50-42-15-6-3-12-36(42)39-20-17-31(28-48)24-45(39)50/h1-25H. The Morgan fingerprint density at radius 1 is 0.360 bits per heavy atom. The Morgan fingerprint density at radius 3 is 1.72 bits per heavy atom. The number of fused-ring (bicyclic) bond motifs is 6. The summed E-state index contributed by atoms with van der Waals surface area (Å²) in [6, 6.07) is 57.9. The minimum Gasteiger partial charge on any atom is -0.309 e. The SMILES string of the molecule is N#Cc1ccc(-c2ccccc2-c2cccc(-n3c4ccccc4c4cc(C#N)ccc43)c2)c(-n2c3ccccc3c3ccc(C#N)cc32)c1. The molecule has 2 aromatic heterocycles. The molecule has 0 atom stereocenters. The van der Waals surface area contributed by atoms with Crippen LogP contribution >= 0.6 is 0 Å². The summed E-state index contributed by atoms with van der Waals surface area (Å²) >= 11 is 0. The van der Waals surface area contributed by atoms with Crippen LogP contribution in [-0.4, -0.2) is 9.13 Å². The van der Waals surface area contributed by atoms with Crippen molar-refractivity contribution in [2.75, 3.05) is 0 Å². The van der Waals surface area contributed by atoms with Gasteiger partial charge in [0.25, 0.3) is 0 Å². The maximum absolute atomic E-state index is 10.0. The number of nitrogens with zero attached hydrogens (tertiary/aromatic N) is 5. The molecule has 0 spiro atoms. The molecule has 0 unspecified atom stereocenters. The third kappa shape index (κ3) is 4.38. The van der Waals surface area contributed by atoms with Gasteiger partial charge in [0, 0.05) is 32.8 Å². The molecule has 230 valence electrons. The van der Waals surface area contributed by atoms with Crippen molar-refractivity contribution in [3.63, 3.8) is 0 Å². The highest BCUT2D eigenvalue weighted by Crippen LogP contribution is 2.41.